The second-order valence-electron chi connectivity index (χ2n) is 6.32. The highest BCUT2D eigenvalue weighted by Gasteiger charge is 2.30. The first-order valence-electron chi connectivity index (χ1n) is 8.51. The average molecular weight is 364 g/mol. The fraction of sp³-hybridized carbons (Fsp3) is 0.500. The smallest absolute Gasteiger partial charge is 0.328 e. The normalized spacial score (nSPS) is 28.1. The molecule has 1 aliphatic rings. The summed E-state index contributed by atoms with van der Waals surface area (Å²) >= 11 is 0. The van der Waals surface area contributed by atoms with E-state index in [0.29, 0.717) is 0 Å². The van der Waals surface area contributed by atoms with E-state index >= 15 is 0 Å². The van der Waals surface area contributed by atoms with Crippen molar-refractivity contribution in [2.24, 2.45) is 0 Å². The first-order chi connectivity index (χ1) is 12.4. The summed E-state index contributed by atoms with van der Waals surface area (Å²) < 4.78 is 5.27. The molecule has 1 unspecified atom stereocenters. The maximum atomic E-state index is 12.3. The number of esters is 1. The number of ether oxygens (including phenoxy) is 1. The highest BCUT2D eigenvalue weighted by atomic mass is 16.5. The van der Waals surface area contributed by atoms with Crippen LogP contribution in [-0.2, 0) is 19.1 Å². The molecule has 8 heteroatoms. The summed E-state index contributed by atoms with van der Waals surface area (Å²) in [6, 6.07) is 7.41. The zero-order valence-corrected chi connectivity index (χ0v) is 14.6. The Balaban J connectivity index is 2.20. The van der Waals surface area contributed by atoms with Gasteiger partial charge in [-0.05, 0) is 12.0 Å². The van der Waals surface area contributed by atoms with Crippen molar-refractivity contribution in [2.45, 2.75) is 50.5 Å². The van der Waals surface area contributed by atoms with Crippen LogP contribution in [0.5, 0.6) is 0 Å². The zero-order valence-electron chi connectivity index (χ0n) is 14.6. The summed E-state index contributed by atoms with van der Waals surface area (Å²) in [6.07, 6.45) is -2.61. The van der Waals surface area contributed by atoms with Crippen molar-refractivity contribution in [3.05, 3.63) is 35.9 Å². The van der Waals surface area contributed by atoms with Crippen LogP contribution in [0.4, 0.5) is 0 Å². The van der Waals surface area contributed by atoms with Gasteiger partial charge in [-0.1, -0.05) is 30.3 Å². The molecule has 0 spiro atoms. The van der Waals surface area contributed by atoms with Gasteiger partial charge >= 0.3 is 5.97 Å². The number of amides is 2. The van der Waals surface area contributed by atoms with Crippen LogP contribution in [-0.4, -0.2) is 52.9 Å². The Morgan fingerprint density at radius 3 is 2.54 bits per heavy atom. The molecule has 2 amide bonds. The third kappa shape index (κ3) is 5.82. The number of hydrogen-bond acceptors (Lipinski definition) is 6. The van der Waals surface area contributed by atoms with Gasteiger partial charge in [0, 0.05) is 19.8 Å². The van der Waals surface area contributed by atoms with E-state index in [1.807, 2.05) is 6.07 Å². The van der Waals surface area contributed by atoms with Crippen LogP contribution < -0.4 is 10.6 Å². The van der Waals surface area contributed by atoms with E-state index in [-0.39, 0.29) is 31.8 Å². The highest BCUT2D eigenvalue weighted by molar-refractivity contribution is 5.83. The van der Waals surface area contributed by atoms with Crippen LogP contribution in [0.2, 0.25) is 0 Å². The Hall–Kier alpha value is -2.45. The molecule has 142 valence electrons. The summed E-state index contributed by atoms with van der Waals surface area (Å²) in [6.45, 7) is 1.14. The van der Waals surface area contributed by atoms with Crippen LogP contribution in [0.3, 0.4) is 0 Å². The number of hydrogen-bond donors (Lipinski definition) is 4. The number of rotatable bonds is 2. The van der Waals surface area contributed by atoms with Gasteiger partial charge in [0.05, 0.1) is 18.2 Å². The Bertz CT molecular complexity index is 636. The highest BCUT2D eigenvalue weighted by Crippen LogP contribution is 2.17. The van der Waals surface area contributed by atoms with Crippen LogP contribution in [0.25, 0.3) is 0 Å². The second-order valence-corrected chi connectivity index (χ2v) is 6.32. The quantitative estimate of drug-likeness (QED) is 0.539. The number of aliphatic hydroxyl groups is 2. The molecule has 26 heavy (non-hydrogen) atoms. The van der Waals surface area contributed by atoms with Crippen molar-refractivity contribution in [3.8, 4) is 0 Å². The van der Waals surface area contributed by atoms with E-state index in [4.69, 9.17) is 4.74 Å². The van der Waals surface area contributed by atoms with Gasteiger partial charge in [-0.2, -0.15) is 0 Å². The standard InChI is InChI=1S/C18H24N2O6/c1-11(21)19-13-9-16(23)15(22)7-8-17(24)20-14(10-26-18(13)25)12-5-3-2-4-6-12/h2-6,13-16,22-23H,7-10H2,1H3,(H,19,21)(H,20,24)/t13-,14?,15+,16+/m1/s1. The molecule has 1 aromatic carbocycles. The average Bonchev–Trinajstić information content (AvgIpc) is 2.61. The molecular weight excluding hydrogens is 340 g/mol. The summed E-state index contributed by atoms with van der Waals surface area (Å²) in [7, 11) is 0. The van der Waals surface area contributed by atoms with Gasteiger partial charge in [-0.3, -0.25) is 9.59 Å². The zero-order chi connectivity index (χ0) is 19.1. The van der Waals surface area contributed by atoms with E-state index in [0.717, 1.165) is 5.56 Å². The SMILES string of the molecule is CC(=O)N[C@@H]1C[C@H](O)[C@@H](O)CCC(=O)NC(c2ccccc2)COC1=O. The van der Waals surface area contributed by atoms with Crippen LogP contribution in [0, 0.1) is 0 Å². The fourth-order valence-corrected chi connectivity index (χ4v) is 2.77. The third-order valence-corrected chi connectivity index (χ3v) is 4.18. The minimum Gasteiger partial charge on any atom is -0.462 e. The molecule has 0 aliphatic carbocycles. The number of carbonyl (C=O) groups excluding carboxylic acids is 3. The van der Waals surface area contributed by atoms with Crippen LogP contribution >= 0.6 is 0 Å². The number of cyclic esters (lactones) is 1. The molecule has 0 radical (unpaired) electrons. The lowest BCUT2D eigenvalue weighted by molar-refractivity contribution is -0.150. The van der Waals surface area contributed by atoms with Crippen LogP contribution in [0.1, 0.15) is 37.8 Å². The lowest BCUT2D eigenvalue weighted by Gasteiger charge is -2.26. The van der Waals surface area contributed by atoms with Crippen molar-refractivity contribution in [1.29, 1.82) is 0 Å². The van der Waals surface area contributed by atoms with Gasteiger partial charge in [0.1, 0.15) is 12.6 Å². The van der Waals surface area contributed by atoms with Gasteiger partial charge in [0.2, 0.25) is 11.8 Å². The Labute approximate surface area is 151 Å². The van der Waals surface area contributed by atoms with E-state index in [1.54, 1.807) is 24.3 Å². The summed E-state index contributed by atoms with van der Waals surface area (Å²) in [5.74, 6) is -1.50. The maximum Gasteiger partial charge on any atom is 0.328 e. The summed E-state index contributed by atoms with van der Waals surface area (Å²) in [4.78, 5) is 35.8. The lowest BCUT2D eigenvalue weighted by Crippen LogP contribution is -2.46. The second kappa shape index (κ2) is 9.30. The molecule has 4 N–H and O–H groups in total. The molecule has 0 bridgehead atoms. The Morgan fingerprint density at radius 2 is 1.88 bits per heavy atom. The summed E-state index contributed by atoms with van der Waals surface area (Å²) in [5.41, 5.74) is 0.766. The Morgan fingerprint density at radius 1 is 1.19 bits per heavy atom. The number of aliphatic hydroxyl groups excluding tert-OH is 2. The molecule has 2 rings (SSSR count). The predicted octanol–water partition coefficient (Wildman–Crippen LogP) is -0.202. The largest absolute Gasteiger partial charge is 0.462 e. The monoisotopic (exact) mass is 364 g/mol. The van der Waals surface area contributed by atoms with Crippen molar-refractivity contribution < 1.29 is 29.3 Å². The van der Waals surface area contributed by atoms with Crippen molar-refractivity contribution in [3.63, 3.8) is 0 Å². The maximum absolute atomic E-state index is 12.3. The molecule has 0 aromatic heterocycles. The molecule has 1 fully saturated rings. The number of nitrogens with one attached hydrogen (secondary N) is 2. The van der Waals surface area contributed by atoms with E-state index in [2.05, 4.69) is 10.6 Å². The molecule has 1 aromatic rings. The first-order valence-corrected chi connectivity index (χ1v) is 8.51. The molecule has 1 saturated heterocycles. The first kappa shape index (κ1) is 19.9. The van der Waals surface area contributed by atoms with E-state index in [1.165, 1.54) is 6.92 Å². The van der Waals surface area contributed by atoms with Crippen LogP contribution in [0.15, 0.2) is 30.3 Å². The van der Waals surface area contributed by atoms with Gasteiger partial charge in [-0.15, -0.1) is 0 Å². The predicted molar refractivity (Wildman–Crippen MR) is 91.8 cm³/mol. The molecule has 8 nitrogen and oxygen atoms in total. The van der Waals surface area contributed by atoms with Crippen molar-refractivity contribution in [2.75, 3.05) is 6.61 Å². The lowest BCUT2D eigenvalue weighted by atomic mass is 10.00. The molecule has 4 atom stereocenters. The topological polar surface area (TPSA) is 125 Å². The molecule has 1 heterocycles. The molecule has 0 saturated carbocycles. The molecule has 1 aliphatic heterocycles. The van der Waals surface area contributed by atoms with Crippen molar-refractivity contribution in [1.82, 2.24) is 10.6 Å². The minimum atomic E-state index is -1.27. The molecular formula is C18H24N2O6. The van der Waals surface area contributed by atoms with Gasteiger partial charge in [-0.25, -0.2) is 4.79 Å². The van der Waals surface area contributed by atoms with Gasteiger partial charge in [0.25, 0.3) is 0 Å². The number of carbonyl (C=O) groups is 3. The van der Waals surface area contributed by atoms with Gasteiger partial charge < -0.3 is 25.6 Å². The van der Waals surface area contributed by atoms with E-state index in [9.17, 15) is 24.6 Å². The van der Waals surface area contributed by atoms with Gasteiger partial charge in [0.15, 0.2) is 0 Å². The fourth-order valence-electron chi connectivity index (χ4n) is 2.77. The third-order valence-electron chi connectivity index (χ3n) is 4.18. The Kier molecular flexibility index (Phi) is 7.11. The summed E-state index contributed by atoms with van der Waals surface area (Å²) in [5, 5.41) is 25.2. The van der Waals surface area contributed by atoms with Crippen molar-refractivity contribution >= 4 is 17.8 Å². The van der Waals surface area contributed by atoms with E-state index < -0.39 is 36.2 Å². The minimum absolute atomic E-state index is 0.0142. The number of benzene rings is 1.